The van der Waals surface area contributed by atoms with Crippen molar-refractivity contribution in [3.63, 3.8) is 0 Å². The first kappa shape index (κ1) is 17.8. The molecule has 0 spiro atoms. The molecule has 1 fully saturated rings. The highest BCUT2D eigenvalue weighted by Crippen LogP contribution is 2.21. The quantitative estimate of drug-likeness (QED) is 0.860. The summed E-state index contributed by atoms with van der Waals surface area (Å²) in [5, 5.41) is 9.11. The van der Waals surface area contributed by atoms with Gasteiger partial charge in [-0.1, -0.05) is 0 Å². The summed E-state index contributed by atoms with van der Waals surface area (Å²) in [7, 11) is 0. The second kappa shape index (κ2) is 6.64. The van der Waals surface area contributed by atoms with Crippen LogP contribution in [0.1, 0.15) is 41.0 Å². The summed E-state index contributed by atoms with van der Waals surface area (Å²) in [5.74, 6) is -0.769. The Morgan fingerprint density at radius 2 is 1.57 bits per heavy atom. The third-order valence-electron chi connectivity index (χ3n) is 3.66. The molecule has 0 atom stereocenters. The first-order valence-electron chi connectivity index (χ1n) is 7.45. The molecular weight excluding hydrogens is 272 g/mol. The molecule has 6 nitrogen and oxygen atoms in total. The van der Waals surface area contributed by atoms with Gasteiger partial charge in [0.15, 0.2) is 0 Å². The Bertz CT molecular complexity index is 380. The Morgan fingerprint density at radius 1 is 1.05 bits per heavy atom. The Hall–Kier alpha value is -1.30. The van der Waals surface area contributed by atoms with E-state index in [1.54, 1.807) is 18.7 Å². The number of hydrogen-bond donors (Lipinski definition) is 1. The van der Waals surface area contributed by atoms with Crippen LogP contribution >= 0.6 is 0 Å². The molecule has 122 valence electrons. The smallest absolute Gasteiger partial charge is 0.410 e. The topological polar surface area (TPSA) is 70.1 Å². The van der Waals surface area contributed by atoms with Gasteiger partial charge in [-0.05, 0) is 47.6 Å². The van der Waals surface area contributed by atoms with Crippen LogP contribution in [-0.4, -0.2) is 65.3 Å². The summed E-state index contributed by atoms with van der Waals surface area (Å²) in [5.41, 5.74) is -1.18. The van der Waals surface area contributed by atoms with Crippen LogP contribution in [0.3, 0.4) is 0 Å². The maximum atomic E-state index is 11.9. The normalized spacial score (nSPS) is 17.7. The van der Waals surface area contributed by atoms with Crippen molar-refractivity contribution < 1.29 is 19.4 Å². The maximum Gasteiger partial charge on any atom is 0.410 e. The van der Waals surface area contributed by atoms with Gasteiger partial charge in [0.1, 0.15) is 5.60 Å². The van der Waals surface area contributed by atoms with Gasteiger partial charge in [0.05, 0.1) is 5.41 Å². The molecule has 0 bridgehead atoms. The minimum absolute atomic E-state index is 0.270. The highest BCUT2D eigenvalue weighted by molar-refractivity contribution is 5.73. The monoisotopic (exact) mass is 300 g/mol. The fraction of sp³-hybridized carbons (Fsp3) is 0.867. The second-order valence-electron chi connectivity index (χ2n) is 7.25. The van der Waals surface area contributed by atoms with Crippen molar-refractivity contribution in [2.24, 2.45) is 5.41 Å². The molecule has 0 aromatic rings. The van der Waals surface area contributed by atoms with Crippen molar-refractivity contribution in [2.45, 2.75) is 46.6 Å². The zero-order chi connectivity index (χ0) is 16.3. The molecule has 0 aromatic carbocycles. The van der Waals surface area contributed by atoms with Crippen LogP contribution in [0.25, 0.3) is 0 Å². The van der Waals surface area contributed by atoms with Crippen molar-refractivity contribution in [3.05, 3.63) is 0 Å². The number of piperazine rings is 1. The highest BCUT2D eigenvalue weighted by atomic mass is 16.6. The van der Waals surface area contributed by atoms with Gasteiger partial charge in [-0.3, -0.25) is 9.69 Å². The van der Waals surface area contributed by atoms with Crippen LogP contribution in [0.15, 0.2) is 0 Å². The summed E-state index contributed by atoms with van der Waals surface area (Å²) >= 11 is 0. The van der Waals surface area contributed by atoms with Crippen LogP contribution in [0, 0.1) is 5.41 Å². The number of carbonyl (C=O) groups is 2. The number of carboxylic acids is 1. The number of aliphatic carboxylic acids is 1. The van der Waals surface area contributed by atoms with E-state index < -0.39 is 17.0 Å². The lowest BCUT2D eigenvalue weighted by Crippen LogP contribution is -2.50. The van der Waals surface area contributed by atoms with Crippen molar-refractivity contribution >= 4 is 12.1 Å². The molecule has 0 unspecified atom stereocenters. The Labute approximate surface area is 127 Å². The van der Waals surface area contributed by atoms with E-state index in [0.717, 1.165) is 19.6 Å². The van der Waals surface area contributed by atoms with Crippen LogP contribution in [0.2, 0.25) is 0 Å². The fourth-order valence-corrected chi connectivity index (χ4v) is 2.03. The lowest BCUT2D eigenvalue weighted by molar-refractivity contribution is -0.147. The molecule has 1 aliphatic rings. The van der Waals surface area contributed by atoms with Crippen molar-refractivity contribution in [1.82, 2.24) is 9.80 Å². The predicted molar refractivity (Wildman–Crippen MR) is 80.3 cm³/mol. The van der Waals surface area contributed by atoms with Crippen LogP contribution in [-0.2, 0) is 9.53 Å². The third kappa shape index (κ3) is 5.91. The molecule has 1 saturated heterocycles. The van der Waals surface area contributed by atoms with E-state index in [1.165, 1.54) is 0 Å². The molecule has 6 heteroatoms. The SMILES string of the molecule is CC(C)(C)OC(=O)N1CCN(CCC(C)(C)C(=O)O)CC1. The number of nitrogens with zero attached hydrogens (tertiary/aromatic N) is 2. The fourth-order valence-electron chi connectivity index (χ4n) is 2.03. The lowest BCUT2D eigenvalue weighted by atomic mass is 9.89. The molecule has 0 radical (unpaired) electrons. The first-order valence-corrected chi connectivity index (χ1v) is 7.45. The summed E-state index contributed by atoms with van der Waals surface area (Å²) in [4.78, 5) is 26.9. The van der Waals surface area contributed by atoms with Gasteiger partial charge in [0.25, 0.3) is 0 Å². The van der Waals surface area contributed by atoms with E-state index in [1.807, 2.05) is 20.8 Å². The van der Waals surface area contributed by atoms with E-state index in [0.29, 0.717) is 19.5 Å². The van der Waals surface area contributed by atoms with Crippen LogP contribution in [0.4, 0.5) is 4.79 Å². The number of carbonyl (C=O) groups excluding carboxylic acids is 1. The second-order valence-corrected chi connectivity index (χ2v) is 7.25. The minimum Gasteiger partial charge on any atom is -0.481 e. The highest BCUT2D eigenvalue weighted by Gasteiger charge is 2.29. The maximum absolute atomic E-state index is 11.9. The summed E-state index contributed by atoms with van der Waals surface area (Å²) in [6, 6.07) is 0. The van der Waals surface area contributed by atoms with Gasteiger partial charge < -0.3 is 14.7 Å². The molecule has 0 aliphatic carbocycles. The average molecular weight is 300 g/mol. The summed E-state index contributed by atoms with van der Waals surface area (Å²) in [6.07, 6.45) is 0.336. The molecule has 1 amide bonds. The lowest BCUT2D eigenvalue weighted by Gasteiger charge is -2.36. The van der Waals surface area contributed by atoms with E-state index in [2.05, 4.69) is 4.90 Å². The Balaban J connectivity index is 2.36. The van der Waals surface area contributed by atoms with Crippen molar-refractivity contribution in [2.75, 3.05) is 32.7 Å². The molecule has 1 heterocycles. The Kier molecular flexibility index (Phi) is 5.61. The van der Waals surface area contributed by atoms with Gasteiger partial charge in [0, 0.05) is 26.2 Å². The Morgan fingerprint density at radius 3 is 2.00 bits per heavy atom. The molecular formula is C15H28N2O4. The van der Waals surface area contributed by atoms with E-state index >= 15 is 0 Å². The number of amides is 1. The van der Waals surface area contributed by atoms with Crippen molar-refractivity contribution in [1.29, 1.82) is 0 Å². The number of hydrogen-bond acceptors (Lipinski definition) is 4. The number of ether oxygens (including phenoxy) is 1. The summed E-state index contributed by atoms with van der Waals surface area (Å²) in [6.45, 7) is 12.6. The first-order chi connectivity index (χ1) is 9.51. The molecule has 1 N–H and O–H groups in total. The molecule has 0 aromatic heterocycles. The molecule has 1 aliphatic heterocycles. The van der Waals surface area contributed by atoms with Crippen LogP contribution < -0.4 is 0 Å². The molecule has 0 saturated carbocycles. The van der Waals surface area contributed by atoms with Gasteiger partial charge in [-0.15, -0.1) is 0 Å². The van der Waals surface area contributed by atoms with E-state index in [-0.39, 0.29) is 6.09 Å². The number of carboxylic acid groups (broad SMARTS) is 1. The standard InChI is InChI=1S/C15H28N2O4/c1-14(2,3)21-13(20)17-10-8-16(9-11-17)7-6-15(4,5)12(18)19/h6-11H2,1-5H3,(H,18,19). The number of rotatable bonds is 4. The van der Waals surface area contributed by atoms with Gasteiger partial charge >= 0.3 is 12.1 Å². The van der Waals surface area contributed by atoms with Gasteiger partial charge in [0.2, 0.25) is 0 Å². The predicted octanol–water partition coefficient (Wildman–Crippen LogP) is 2.04. The zero-order valence-corrected chi connectivity index (χ0v) is 13.8. The zero-order valence-electron chi connectivity index (χ0n) is 13.8. The van der Waals surface area contributed by atoms with Crippen LogP contribution in [0.5, 0.6) is 0 Å². The van der Waals surface area contributed by atoms with Gasteiger partial charge in [-0.25, -0.2) is 4.79 Å². The summed E-state index contributed by atoms with van der Waals surface area (Å²) < 4.78 is 5.35. The average Bonchev–Trinajstić information content (AvgIpc) is 2.35. The van der Waals surface area contributed by atoms with Crippen molar-refractivity contribution in [3.8, 4) is 0 Å². The molecule has 1 rings (SSSR count). The van der Waals surface area contributed by atoms with Gasteiger partial charge in [-0.2, -0.15) is 0 Å². The minimum atomic E-state index is -0.769. The largest absolute Gasteiger partial charge is 0.481 e. The molecule has 21 heavy (non-hydrogen) atoms. The third-order valence-corrected chi connectivity index (χ3v) is 3.66. The van der Waals surface area contributed by atoms with E-state index in [9.17, 15) is 9.59 Å². The van der Waals surface area contributed by atoms with E-state index in [4.69, 9.17) is 9.84 Å².